The summed E-state index contributed by atoms with van der Waals surface area (Å²) in [6.45, 7) is 12.1. The van der Waals surface area contributed by atoms with E-state index < -0.39 is 0 Å². The van der Waals surface area contributed by atoms with Gasteiger partial charge in [-0.3, -0.25) is 0 Å². The van der Waals surface area contributed by atoms with Crippen molar-refractivity contribution in [2.24, 2.45) is 5.92 Å². The third-order valence-corrected chi connectivity index (χ3v) is 4.53. The van der Waals surface area contributed by atoms with Crippen LogP contribution in [0.4, 0.5) is 0 Å². The Morgan fingerprint density at radius 1 is 1.50 bits per heavy atom. The standard InChI is InChI=1S/C16H32N2/c1-7-11-17-15(13(2)3)16(18(5)6)10-8-9-14(4)12-16/h14-15,17H,2,7-12H2,1,3-6H3. The van der Waals surface area contributed by atoms with Crippen LogP contribution in [0.3, 0.4) is 0 Å². The number of hydrogen-bond acceptors (Lipinski definition) is 2. The van der Waals surface area contributed by atoms with E-state index in [1.807, 2.05) is 0 Å². The molecule has 0 aromatic rings. The van der Waals surface area contributed by atoms with Crippen LogP contribution in [-0.2, 0) is 0 Å². The van der Waals surface area contributed by atoms with E-state index >= 15 is 0 Å². The normalized spacial score (nSPS) is 30.4. The quantitative estimate of drug-likeness (QED) is 0.729. The molecule has 3 atom stereocenters. The van der Waals surface area contributed by atoms with Crippen molar-refractivity contribution >= 4 is 0 Å². The minimum atomic E-state index is 0.263. The SMILES string of the molecule is C=C(C)C(NCCC)C1(N(C)C)CCCC(C)C1. The van der Waals surface area contributed by atoms with Crippen LogP contribution in [0.15, 0.2) is 12.2 Å². The lowest BCUT2D eigenvalue weighted by atomic mass is 9.69. The minimum absolute atomic E-state index is 0.263. The largest absolute Gasteiger partial charge is 0.309 e. The summed E-state index contributed by atoms with van der Waals surface area (Å²) in [7, 11) is 4.48. The van der Waals surface area contributed by atoms with Gasteiger partial charge in [-0.25, -0.2) is 0 Å². The van der Waals surface area contributed by atoms with Crippen molar-refractivity contribution in [3.05, 3.63) is 12.2 Å². The maximum Gasteiger partial charge on any atom is 0.0461 e. The van der Waals surface area contributed by atoms with Gasteiger partial charge in [0.05, 0.1) is 0 Å². The Hall–Kier alpha value is -0.340. The van der Waals surface area contributed by atoms with Crippen molar-refractivity contribution in [3.63, 3.8) is 0 Å². The van der Waals surface area contributed by atoms with E-state index in [4.69, 9.17) is 0 Å². The van der Waals surface area contributed by atoms with Gasteiger partial charge in [0.1, 0.15) is 0 Å². The molecule has 1 saturated carbocycles. The van der Waals surface area contributed by atoms with E-state index in [0.29, 0.717) is 6.04 Å². The van der Waals surface area contributed by atoms with E-state index in [-0.39, 0.29) is 5.54 Å². The lowest BCUT2D eigenvalue weighted by Gasteiger charge is -2.51. The number of hydrogen-bond donors (Lipinski definition) is 1. The number of rotatable bonds is 6. The average molecular weight is 252 g/mol. The first-order valence-electron chi connectivity index (χ1n) is 7.50. The molecule has 18 heavy (non-hydrogen) atoms. The predicted molar refractivity (Wildman–Crippen MR) is 80.9 cm³/mol. The zero-order valence-corrected chi connectivity index (χ0v) is 13.1. The number of likely N-dealkylation sites (N-methyl/N-ethyl adjacent to an activating group) is 1. The van der Waals surface area contributed by atoms with E-state index in [1.54, 1.807) is 0 Å². The van der Waals surface area contributed by atoms with Crippen LogP contribution >= 0.6 is 0 Å². The number of nitrogens with zero attached hydrogens (tertiary/aromatic N) is 1. The Bertz CT molecular complexity index is 272. The molecule has 2 heteroatoms. The average Bonchev–Trinajstić information content (AvgIpc) is 2.28. The fourth-order valence-corrected chi connectivity index (χ4v) is 3.60. The highest BCUT2D eigenvalue weighted by molar-refractivity contribution is 5.16. The Morgan fingerprint density at radius 2 is 2.17 bits per heavy atom. The highest BCUT2D eigenvalue weighted by Crippen LogP contribution is 2.39. The van der Waals surface area contributed by atoms with Crippen LogP contribution in [0.1, 0.15) is 52.9 Å². The Morgan fingerprint density at radius 3 is 2.61 bits per heavy atom. The third-order valence-electron chi connectivity index (χ3n) is 4.53. The molecule has 0 aliphatic heterocycles. The van der Waals surface area contributed by atoms with Crippen molar-refractivity contribution in [2.45, 2.75) is 64.5 Å². The minimum Gasteiger partial charge on any atom is -0.309 e. The van der Waals surface area contributed by atoms with Gasteiger partial charge in [-0.1, -0.05) is 38.8 Å². The van der Waals surface area contributed by atoms with Gasteiger partial charge in [0, 0.05) is 11.6 Å². The van der Waals surface area contributed by atoms with Crippen LogP contribution < -0.4 is 5.32 Å². The molecule has 2 nitrogen and oxygen atoms in total. The molecular formula is C16H32N2. The maximum atomic E-state index is 4.25. The van der Waals surface area contributed by atoms with E-state index in [1.165, 1.54) is 37.7 Å². The summed E-state index contributed by atoms with van der Waals surface area (Å²) < 4.78 is 0. The topological polar surface area (TPSA) is 15.3 Å². The smallest absolute Gasteiger partial charge is 0.0461 e. The van der Waals surface area contributed by atoms with Gasteiger partial charge in [0.2, 0.25) is 0 Å². The maximum absolute atomic E-state index is 4.25. The van der Waals surface area contributed by atoms with Gasteiger partial charge in [0.25, 0.3) is 0 Å². The molecule has 1 aliphatic rings. The first-order chi connectivity index (χ1) is 8.44. The lowest BCUT2D eigenvalue weighted by molar-refractivity contribution is 0.0491. The zero-order chi connectivity index (χ0) is 13.8. The highest BCUT2D eigenvalue weighted by atomic mass is 15.2. The Balaban J connectivity index is 2.95. The van der Waals surface area contributed by atoms with Gasteiger partial charge < -0.3 is 10.2 Å². The van der Waals surface area contributed by atoms with Gasteiger partial charge >= 0.3 is 0 Å². The molecular weight excluding hydrogens is 220 g/mol. The van der Waals surface area contributed by atoms with Gasteiger partial charge in [0.15, 0.2) is 0 Å². The third kappa shape index (κ3) is 3.36. The van der Waals surface area contributed by atoms with Gasteiger partial charge in [-0.05, 0) is 52.7 Å². The van der Waals surface area contributed by atoms with Crippen molar-refractivity contribution in [1.82, 2.24) is 10.2 Å². The molecule has 0 radical (unpaired) electrons. The molecule has 1 N–H and O–H groups in total. The highest BCUT2D eigenvalue weighted by Gasteiger charge is 2.43. The first-order valence-corrected chi connectivity index (χ1v) is 7.50. The van der Waals surface area contributed by atoms with Crippen LogP contribution in [0.5, 0.6) is 0 Å². The summed E-state index contributed by atoms with van der Waals surface area (Å²) >= 11 is 0. The van der Waals surface area contributed by atoms with E-state index in [0.717, 1.165) is 12.5 Å². The van der Waals surface area contributed by atoms with E-state index in [2.05, 4.69) is 51.7 Å². The summed E-state index contributed by atoms with van der Waals surface area (Å²) in [5.74, 6) is 0.825. The van der Waals surface area contributed by atoms with E-state index in [9.17, 15) is 0 Å². The molecule has 1 rings (SSSR count). The molecule has 106 valence electrons. The molecule has 1 fully saturated rings. The summed E-state index contributed by atoms with van der Waals surface area (Å²) in [6.07, 6.45) is 6.48. The van der Waals surface area contributed by atoms with Crippen molar-refractivity contribution in [1.29, 1.82) is 0 Å². The lowest BCUT2D eigenvalue weighted by Crippen LogP contribution is -2.61. The van der Waals surface area contributed by atoms with Crippen molar-refractivity contribution < 1.29 is 0 Å². The van der Waals surface area contributed by atoms with Crippen molar-refractivity contribution in [2.75, 3.05) is 20.6 Å². The van der Waals surface area contributed by atoms with Crippen LogP contribution in [0, 0.1) is 5.92 Å². The molecule has 0 spiro atoms. The van der Waals surface area contributed by atoms with Crippen molar-refractivity contribution in [3.8, 4) is 0 Å². The fourth-order valence-electron chi connectivity index (χ4n) is 3.60. The van der Waals surface area contributed by atoms with Crippen LogP contribution in [-0.4, -0.2) is 37.1 Å². The summed E-state index contributed by atoms with van der Waals surface area (Å²) in [6, 6.07) is 0.426. The van der Waals surface area contributed by atoms with Crippen LogP contribution in [0.2, 0.25) is 0 Å². The Kier molecular flexibility index (Phi) is 5.87. The summed E-state index contributed by atoms with van der Waals surface area (Å²) in [5.41, 5.74) is 1.55. The molecule has 0 bridgehead atoms. The predicted octanol–water partition coefficient (Wildman–Crippen LogP) is 3.44. The molecule has 0 saturated heterocycles. The molecule has 0 heterocycles. The summed E-state index contributed by atoms with van der Waals surface area (Å²) in [4.78, 5) is 2.45. The number of nitrogens with one attached hydrogen (secondary N) is 1. The molecule has 3 unspecified atom stereocenters. The fraction of sp³-hybridized carbons (Fsp3) is 0.875. The first kappa shape index (κ1) is 15.7. The van der Waals surface area contributed by atoms with Gasteiger partial charge in [-0.15, -0.1) is 0 Å². The second kappa shape index (κ2) is 6.72. The second-order valence-corrected chi connectivity index (χ2v) is 6.43. The second-order valence-electron chi connectivity index (χ2n) is 6.43. The zero-order valence-electron chi connectivity index (χ0n) is 13.1. The monoisotopic (exact) mass is 252 g/mol. The Labute approximate surface area is 114 Å². The molecule has 0 aromatic heterocycles. The van der Waals surface area contributed by atoms with Gasteiger partial charge in [-0.2, -0.15) is 0 Å². The van der Waals surface area contributed by atoms with Crippen LogP contribution in [0.25, 0.3) is 0 Å². The summed E-state index contributed by atoms with van der Waals surface area (Å²) in [5, 5.41) is 3.74. The molecule has 1 aliphatic carbocycles. The molecule has 0 amide bonds. The molecule has 0 aromatic carbocycles.